The quantitative estimate of drug-likeness (QED) is 0.393. The molecule has 164 valence electrons. The van der Waals surface area contributed by atoms with Gasteiger partial charge >= 0.3 is 0 Å². The summed E-state index contributed by atoms with van der Waals surface area (Å²) in [6.45, 7) is 2.38. The van der Waals surface area contributed by atoms with Crippen molar-refractivity contribution in [3.05, 3.63) is 99.6 Å². The zero-order valence-electron chi connectivity index (χ0n) is 17.1. The minimum atomic E-state index is -4.13. The molecule has 0 saturated carbocycles. The van der Waals surface area contributed by atoms with Crippen LogP contribution < -0.4 is 10.2 Å². The first kappa shape index (κ1) is 22.0. The SMILES string of the molecule is CCOc1ccc2c(c1)c(=O)c(S(=O)(=O)c1ccc(Cl)cc1)cn2Cc1cccc(F)c1. The van der Waals surface area contributed by atoms with Gasteiger partial charge in [0.2, 0.25) is 15.3 Å². The van der Waals surface area contributed by atoms with Gasteiger partial charge in [0.1, 0.15) is 16.5 Å². The van der Waals surface area contributed by atoms with Gasteiger partial charge in [-0.05, 0) is 67.1 Å². The van der Waals surface area contributed by atoms with E-state index in [9.17, 15) is 17.6 Å². The van der Waals surface area contributed by atoms with Crippen LogP contribution in [0.15, 0.2) is 87.5 Å². The average Bonchev–Trinajstić information content (AvgIpc) is 2.76. The molecule has 0 radical (unpaired) electrons. The zero-order chi connectivity index (χ0) is 22.9. The molecule has 0 unspecified atom stereocenters. The third kappa shape index (κ3) is 4.26. The number of hydrogen-bond acceptors (Lipinski definition) is 4. The molecule has 32 heavy (non-hydrogen) atoms. The first-order valence-corrected chi connectivity index (χ1v) is 11.7. The van der Waals surface area contributed by atoms with Crippen LogP contribution in [0.25, 0.3) is 10.9 Å². The summed E-state index contributed by atoms with van der Waals surface area (Å²) in [6, 6.07) is 16.6. The molecule has 0 aliphatic heterocycles. The van der Waals surface area contributed by atoms with Crippen LogP contribution in [0.4, 0.5) is 4.39 Å². The summed E-state index contributed by atoms with van der Waals surface area (Å²) in [5.41, 5.74) is 0.503. The Kier molecular flexibility index (Phi) is 6.04. The lowest BCUT2D eigenvalue weighted by atomic mass is 10.1. The van der Waals surface area contributed by atoms with Gasteiger partial charge in [0, 0.05) is 17.8 Å². The van der Waals surface area contributed by atoms with E-state index >= 15 is 0 Å². The van der Waals surface area contributed by atoms with E-state index < -0.39 is 21.1 Å². The van der Waals surface area contributed by atoms with Gasteiger partial charge in [-0.1, -0.05) is 23.7 Å². The third-order valence-electron chi connectivity index (χ3n) is 4.99. The summed E-state index contributed by atoms with van der Waals surface area (Å²) < 4.78 is 47.5. The van der Waals surface area contributed by atoms with E-state index in [-0.39, 0.29) is 21.7 Å². The number of rotatable bonds is 6. The Morgan fingerprint density at radius 2 is 1.78 bits per heavy atom. The van der Waals surface area contributed by atoms with Crippen molar-refractivity contribution in [3.63, 3.8) is 0 Å². The lowest BCUT2D eigenvalue weighted by Gasteiger charge is -2.15. The predicted molar refractivity (Wildman–Crippen MR) is 122 cm³/mol. The molecular formula is C24H19ClFNO4S. The molecule has 0 bridgehead atoms. The van der Waals surface area contributed by atoms with Crippen molar-refractivity contribution in [1.82, 2.24) is 4.57 Å². The Labute approximate surface area is 189 Å². The van der Waals surface area contributed by atoms with Gasteiger partial charge in [0.25, 0.3) is 0 Å². The summed E-state index contributed by atoms with van der Waals surface area (Å²) in [5.74, 6) is 0.0518. The fraction of sp³-hybridized carbons (Fsp3) is 0.125. The van der Waals surface area contributed by atoms with Crippen molar-refractivity contribution >= 4 is 32.3 Å². The lowest BCUT2D eigenvalue weighted by Crippen LogP contribution is -2.19. The summed E-state index contributed by atoms with van der Waals surface area (Å²) in [5, 5.41) is 0.578. The van der Waals surface area contributed by atoms with Crippen molar-refractivity contribution in [2.45, 2.75) is 23.3 Å². The van der Waals surface area contributed by atoms with E-state index in [1.165, 1.54) is 48.7 Å². The minimum absolute atomic E-state index is 0.0448. The molecule has 4 aromatic rings. The molecule has 0 spiro atoms. The number of benzene rings is 3. The largest absolute Gasteiger partial charge is 0.494 e. The fourth-order valence-electron chi connectivity index (χ4n) is 3.50. The molecule has 0 amide bonds. The molecule has 0 atom stereocenters. The van der Waals surface area contributed by atoms with E-state index in [1.54, 1.807) is 28.8 Å². The van der Waals surface area contributed by atoms with E-state index in [1.807, 2.05) is 6.92 Å². The van der Waals surface area contributed by atoms with Crippen LogP contribution in [0.2, 0.25) is 5.02 Å². The van der Waals surface area contributed by atoms with Crippen LogP contribution >= 0.6 is 11.6 Å². The number of fused-ring (bicyclic) bond motifs is 1. The molecule has 5 nitrogen and oxygen atoms in total. The average molecular weight is 472 g/mol. The van der Waals surface area contributed by atoms with Crippen molar-refractivity contribution < 1.29 is 17.5 Å². The second-order valence-electron chi connectivity index (χ2n) is 7.15. The first-order valence-electron chi connectivity index (χ1n) is 9.84. The highest BCUT2D eigenvalue weighted by atomic mass is 35.5. The van der Waals surface area contributed by atoms with Crippen LogP contribution in [0.3, 0.4) is 0 Å². The maximum absolute atomic E-state index is 13.7. The maximum atomic E-state index is 13.7. The molecular weight excluding hydrogens is 453 g/mol. The van der Waals surface area contributed by atoms with Gasteiger partial charge < -0.3 is 9.30 Å². The molecule has 4 rings (SSSR count). The Morgan fingerprint density at radius 3 is 2.47 bits per heavy atom. The number of nitrogens with zero attached hydrogens (tertiary/aromatic N) is 1. The Hall–Kier alpha value is -3.16. The van der Waals surface area contributed by atoms with Gasteiger partial charge in [0.15, 0.2) is 0 Å². The van der Waals surface area contributed by atoms with Gasteiger partial charge in [0.05, 0.1) is 22.4 Å². The Balaban J connectivity index is 1.97. The summed E-state index contributed by atoms with van der Waals surface area (Å²) in [6.07, 6.45) is 1.31. The number of aromatic nitrogens is 1. The third-order valence-corrected chi connectivity index (χ3v) is 7.00. The second-order valence-corrected chi connectivity index (χ2v) is 9.50. The minimum Gasteiger partial charge on any atom is -0.494 e. The molecule has 0 fully saturated rings. The van der Waals surface area contributed by atoms with E-state index in [2.05, 4.69) is 0 Å². The summed E-state index contributed by atoms with van der Waals surface area (Å²) >= 11 is 5.89. The van der Waals surface area contributed by atoms with Crippen molar-refractivity contribution in [3.8, 4) is 5.75 Å². The van der Waals surface area contributed by atoms with E-state index in [4.69, 9.17) is 16.3 Å². The topological polar surface area (TPSA) is 65.4 Å². The lowest BCUT2D eigenvalue weighted by molar-refractivity contribution is 0.340. The van der Waals surface area contributed by atoms with Crippen molar-refractivity contribution in [2.24, 2.45) is 0 Å². The van der Waals surface area contributed by atoms with E-state index in [0.717, 1.165) is 0 Å². The summed E-state index contributed by atoms with van der Waals surface area (Å²) in [7, 11) is -4.13. The molecule has 3 aromatic carbocycles. The molecule has 0 saturated heterocycles. The highest BCUT2D eigenvalue weighted by Gasteiger charge is 2.24. The standard InChI is InChI=1S/C24H19ClFNO4S/c1-2-31-19-8-11-22-21(13-19)24(28)23(32(29,30)20-9-6-17(25)7-10-20)15-27(22)14-16-4-3-5-18(26)12-16/h3-13,15H,2,14H2,1H3. The number of halogens is 2. The number of pyridine rings is 1. The Bertz CT molecular complexity index is 1460. The molecule has 1 heterocycles. The fourth-order valence-corrected chi connectivity index (χ4v) is 5.00. The van der Waals surface area contributed by atoms with Gasteiger partial charge in [-0.3, -0.25) is 4.79 Å². The van der Waals surface area contributed by atoms with Crippen LogP contribution in [0, 0.1) is 5.82 Å². The van der Waals surface area contributed by atoms with Crippen molar-refractivity contribution in [1.29, 1.82) is 0 Å². The zero-order valence-corrected chi connectivity index (χ0v) is 18.7. The number of ether oxygens (including phenoxy) is 1. The van der Waals surface area contributed by atoms with Gasteiger partial charge in [-0.2, -0.15) is 0 Å². The van der Waals surface area contributed by atoms with Crippen LogP contribution in [-0.4, -0.2) is 19.6 Å². The highest BCUT2D eigenvalue weighted by molar-refractivity contribution is 7.91. The van der Waals surface area contributed by atoms with Crippen LogP contribution in [0.5, 0.6) is 5.75 Å². The molecule has 0 aliphatic carbocycles. The van der Waals surface area contributed by atoms with Crippen LogP contribution in [0.1, 0.15) is 12.5 Å². The summed E-state index contributed by atoms with van der Waals surface area (Å²) in [4.78, 5) is 12.9. The van der Waals surface area contributed by atoms with Gasteiger partial charge in [-0.25, -0.2) is 12.8 Å². The normalized spacial score (nSPS) is 11.6. The number of hydrogen-bond donors (Lipinski definition) is 0. The smallest absolute Gasteiger partial charge is 0.211 e. The van der Waals surface area contributed by atoms with Crippen LogP contribution in [-0.2, 0) is 16.4 Å². The monoisotopic (exact) mass is 471 g/mol. The maximum Gasteiger partial charge on any atom is 0.211 e. The predicted octanol–water partition coefficient (Wildman–Crippen LogP) is 5.07. The first-order chi connectivity index (χ1) is 15.3. The molecule has 0 aliphatic rings. The highest BCUT2D eigenvalue weighted by Crippen LogP contribution is 2.25. The van der Waals surface area contributed by atoms with Crippen molar-refractivity contribution in [2.75, 3.05) is 6.61 Å². The molecule has 0 N–H and O–H groups in total. The number of sulfone groups is 1. The van der Waals surface area contributed by atoms with Gasteiger partial charge in [-0.15, -0.1) is 0 Å². The molecule has 1 aromatic heterocycles. The van der Waals surface area contributed by atoms with E-state index in [0.29, 0.717) is 28.5 Å². The molecule has 8 heteroatoms. The second kappa shape index (κ2) is 8.76. The Morgan fingerprint density at radius 1 is 1.03 bits per heavy atom.